The van der Waals surface area contributed by atoms with Crippen LogP contribution in [0, 0.1) is 11.6 Å². The molecule has 0 bridgehead atoms. The van der Waals surface area contributed by atoms with E-state index in [1.54, 1.807) is 20.8 Å². The lowest BCUT2D eigenvalue weighted by atomic mass is 10.1. The minimum atomic E-state index is -1.17. The van der Waals surface area contributed by atoms with Gasteiger partial charge in [0.15, 0.2) is 17.4 Å². The van der Waals surface area contributed by atoms with Crippen molar-refractivity contribution >= 4 is 27.8 Å². The van der Waals surface area contributed by atoms with Crippen LogP contribution in [0.1, 0.15) is 44.0 Å². The first-order chi connectivity index (χ1) is 10.1. The Morgan fingerprint density at radius 3 is 2.45 bits per heavy atom. The monoisotopic (exact) mass is 377 g/mol. The fourth-order valence-electron chi connectivity index (χ4n) is 1.63. The normalized spacial score (nSPS) is 11.2. The molecule has 4 nitrogen and oxygen atoms in total. The van der Waals surface area contributed by atoms with Crippen LogP contribution in [-0.2, 0) is 4.74 Å². The molecule has 122 valence electrons. The van der Waals surface area contributed by atoms with Crippen molar-refractivity contribution in [1.29, 1.82) is 0 Å². The summed E-state index contributed by atoms with van der Waals surface area (Å²) in [6.07, 6.45) is -0.288. The fourth-order valence-corrected chi connectivity index (χ4v) is 1.94. The Hall–Kier alpha value is -1.50. The standard InChI is InChI=1S/C15H18BrF2NO3/c1-15(2,3)22-14(21)19-8-4-5-11(20)9-6-7-10(16)13(18)12(9)17/h6-7H,4-5,8H2,1-3H3,(H,19,21). The summed E-state index contributed by atoms with van der Waals surface area (Å²) in [5.41, 5.74) is -0.893. The van der Waals surface area contributed by atoms with E-state index in [9.17, 15) is 18.4 Å². The molecule has 22 heavy (non-hydrogen) atoms. The zero-order valence-electron chi connectivity index (χ0n) is 12.6. The van der Waals surface area contributed by atoms with Gasteiger partial charge in [-0.1, -0.05) is 0 Å². The number of halogens is 3. The Kier molecular flexibility index (Phi) is 6.47. The minimum Gasteiger partial charge on any atom is -0.444 e. The average Bonchev–Trinajstić information content (AvgIpc) is 2.39. The summed E-state index contributed by atoms with van der Waals surface area (Å²) in [7, 11) is 0. The first-order valence-corrected chi connectivity index (χ1v) is 7.54. The highest BCUT2D eigenvalue weighted by atomic mass is 79.9. The van der Waals surface area contributed by atoms with Crippen molar-refractivity contribution in [3.8, 4) is 0 Å². The van der Waals surface area contributed by atoms with Gasteiger partial charge in [-0.25, -0.2) is 13.6 Å². The van der Waals surface area contributed by atoms with Crippen LogP contribution < -0.4 is 5.32 Å². The van der Waals surface area contributed by atoms with Crippen LogP contribution in [0.2, 0.25) is 0 Å². The Morgan fingerprint density at radius 2 is 1.86 bits per heavy atom. The van der Waals surface area contributed by atoms with Gasteiger partial charge in [0.05, 0.1) is 10.0 Å². The molecule has 0 unspecified atom stereocenters. The smallest absolute Gasteiger partial charge is 0.407 e. The molecule has 0 heterocycles. The Labute approximate surface area is 136 Å². The average molecular weight is 378 g/mol. The van der Waals surface area contributed by atoms with Gasteiger partial charge in [-0.3, -0.25) is 4.79 Å². The van der Waals surface area contributed by atoms with E-state index in [0.29, 0.717) is 6.42 Å². The third kappa shape index (κ3) is 5.71. The number of ether oxygens (including phenoxy) is 1. The summed E-state index contributed by atoms with van der Waals surface area (Å²) in [6.45, 7) is 5.42. The number of hydrogen-bond acceptors (Lipinski definition) is 3. The molecule has 0 saturated heterocycles. The van der Waals surface area contributed by atoms with E-state index >= 15 is 0 Å². The Balaban J connectivity index is 2.45. The summed E-state index contributed by atoms with van der Waals surface area (Å²) < 4.78 is 32.0. The molecule has 0 saturated carbocycles. The maximum atomic E-state index is 13.6. The molecule has 0 atom stereocenters. The lowest BCUT2D eigenvalue weighted by molar-refractivity contribution is 0.0525. The van der Waals surface area contributed by atoms with Crippen LogP contribution in [0.4, 0.5) is 13.6 Å². The van der Waals surface area contributed by atoms with Gasteiger partial charge in [0.1, 0.15) is 5.60 Å². The second kappa shape index (κ2) is 7.67. The van der Waals surface area contributed by atoms with Crippen LogP contribution in [0.15, 0.2) is 16.6 Å². The van der Waals surface area contributed by atoms with Gasteiger partial charge >= 0.3 is 6.09 Å². The van der Waals surface area contributed by atoms with Gasteiger partial charge in [-0.05, 0) is 55.3 Å². The second-order valence-corrected chi connectivity index (χ2v) is 6.53. The SMILES string of the molecule is CC(C)(C)OC(=O)NCCCC(=O)c1ccc(Br)c(F)c1F. The molecule has 0 aliphatic carbocycles. The summed E-state index contributed by atoms with van der Waals surface area (Å²) in [6, 6.07) is 2.51. The van der Waals surface area contributed by atoms with E-state index < -0.39 is 29.1 Å². The molecule has 0 radical (unpaired) electrons. The summed E-state index contributed by atoms with van der Waals surface area (Å²) in [5.74, 6) is -2.77. The molecule has 0 fully saturated rings. The van der Waals surface area contributed by atoms with Crippen LogP contribution in [0.3, 0.4) is 0 Å². The predicted molar refractivity (Wildman–Crippen MR) is 81.9 cm³/mol. The van der Waals surface area contributed by atoms with E-state index in [4.69, 9.17) is 4.74 Å². The van der Waals surface area contributed by atoms with E-state index in [1.807, 2.05) is 0 Å². The molecule has 0 aliphatic rings. The predicted octanol–water partition coefficient (Wildman–Crippen LogP) is 4.21. The van der Waals surface area contributed by atoms with Crippen LogP contribution in [0.25, 0.3) is 0 Å². The number of rotatable bonds is 5. The number of Topliss-reactive ketones (excluding diaryl/α,β-unsaturated/α-hetero) is 1. The van der Waals surface area contributed by atoms with Crippen molar-refractivity contribution in [1.82, 2.24) is 5.32 Å². The van der Waals surface area contributed by atoms with E-state index in [1.165, 1.54) is 12.1 Å². The van der Waals surface area contributed by atoms with Gasteiger partial charge in [0.25, 0.3) is 0 Å². The van der Waals surface area contributed by atoms with E-state index in [-0.39, 0.29) is 23.0 Å². The molecule has 1 N–H and O–H groups in total. The molecule has 1 amide bonds. The van der Waals surface area contributed by atoms with E-state index in [2.05, 4.69) is 21.2 Å². The number of hydrogen-bond donors (Lipinski definition) is 1. The largest absolute Gasteiger partial charge is 0.444 e. The number of amides is 1. The second-order valence-electron chi connectivity index (χ2n) is 5.68. The highest BCUT2D eigenvalue weighted by Gasteiger charge is 2.18. The van der Waals surface area contributed by atoms with Crippen molar-refractivity contribution in [3.63, 3.8) is 0 Å². The molecule has 1 aromatic rings. The van der Waals surface area contributed by atoms with Crippen molar-refractivity contribution in [3.05, 3.63) is 33.8 Å². The molecule has 7 heteroatoms. The highest BCUT2D eigenvalue weighted by Crippen LogP contribution is 2.22. The van der Waals surface area contributed by atoms with Crippen LogP contribution in [-0.4, -0.2) is 24.0 Å². The van der Waals surface area contributed by atoms with Gasteiger partial charge in [0.2, 0.25) is 0 Å². The zero-order chi connectivity index (χ0) is 16.9. The molecular weight excluding hydrogens is 360 g/mol. The molecule has 0 aliphatic heterocycles. The van der Waals surface area contributed by atoms with Crippen LogP contribution >= 0.6 is 15.9 Å². The number of carbonyl (C=O) groups excluding carboxylic acids is 2. The van der Waals surface area contributed by atoms with Gasteiger partial charge < -0.3 is 10.1 Å². The van der Waals surface area contributed by atoms with Crippen molar-refractivity contribution in [2.24, 2.45) is 0 Å². The highest BCUT2D eigenvalue weighted by molar-refractivity contribution is 9.10. The summed E-state index contributed by atoms with van der Waals surface area (Å²) in [4.78, 5) is 23.2. The topological polar surface area (TPSA) is 55.4 Å². The first-order valence-electron chi connectivity index (χ1n) is 6.75. The number of alkyl carbamates (subject to hydrolysis) is 1. The molecule has 1 rings (SSSR count). The number of ketones is 1. The fraction of sp³-hybridized carbons (Fsp3) is 0.467. The molecule has 1 aromatic carbocycles. The number of carbonyl (C=O) groups is 2. The number of nitrogens with one attached hydrogen (secondary N) is 1. The first kappa shape index (κ1) is 18.5. The van der Waals surface area contributed by atoms with Crippen molar-refractivity contribution in [2.45, 2.75) is 39.2 Å². The summed E-state index contributed by atoms with van der Waals surface area (Å²) >= 11 is 2.85. The minimum absolute atomic E-state index is 0.00616. The van der Waals surface area contributed by atoms with Gasteiger partial charge in [0, 0.05) is 13.0 Å². The Morgan fingerprint density at radius 1 is 1.23 bits per heavy atom. The quantitative estimate of drug-likeness (QED) is 0.474. The third-order valence-electron chi connectivity index (χ3n) is 2.58. The molecule has 0 aromatic heterocycles. The third-order valence-corrected chi connectivity index (χ3v) is 3.20. The lowest BCUT2D eigenvalue weighted by Gasteiger charge is -2.19. The lowest BCUT2D eigenvalue weighted by Crippen LogP contribution is -2.33. The maximum Gasteiger partial charge on any atom is 0.407 e. The maximum absolute atomic E-state index is 13.6. The summed E-state index contributed by atoms with van der Waals surface area (Å²) in [5, 5.41) is 2.49. The van der Waals surface area contributed by atoms with Gasteiger partial charge in [-0.15, -0.1) is 0 Å². The van der Waals surface area contributed by atoms with E-state index in [0.717, 1.165) is 0 Å². The number of benzene rings is 1. The van der Waals surface area contributed by atoms with Crippen LogP contribution in [0.5, 0.6) is 0 Å². The zero-order valence-corrected chi connectivity index (χ0v) is 14.2. The molecular formula is C15H18BrF2NO3. The van der Waals surface area contributed by atoms with Crippen molar-refractivity contribution < 1.29 is 23.1 Å². The molecule has 0 spiro atoms. The Bertz CT molecular complexity index is 571. The van der Waals surface area contributed by atoms with Gasteiger partial charge in [-0.2, -0.15) is 0 Å². The van der Waals surface area contributed by atoms with Crippen molar-refractivity contribution in [2.75, 3.05) is 6.54 Å².